The van der Waals surface area contributed by atoms with Gasteiger partial charge in [-0.05, 0) is 66.6 Å². The summed E-state index contributed by atoms with van der Waals surface area (Å²) in [6.07, 6.45) is 1.43. The van der Waals surface area contributed by atoms with E-state index in [0.717, 1.165) is 28.0 Å². The quantitative estimate of drug-likeness (QED) is 0.0618. The molecule has 8 nitrogen and oxygen atoms in total. The molecule has 0 radical (unpaired) electrons. The van der Waals surface area contributed by atoms with E-state index in [4.69, 9.17) is 9.15 Å². The third-order valence-corrected chi connectivity index (χ3v) is 8.88. The van der Waals surface area contributed by atoms with E-state index in [2.05, 4.69) is 10.2 Å². The zero-order valence-corrected chi connectivity index (χ0v) is 24.4. The maximum Gasteiger partial charge on any atom is 0.302 e. The van der Waals surface area contributed by atoms with Gasteiger partial charge in [0.2, 0.25) is 5.13 Å². The maximum absolute atomic E-state index is 13.4. The first-order chi connectivity index (χ1) is 20.9. The van der Waals surface area contributed by atoms with Crippen molar-refractivity contribution in [3.63, 3.8) is 0 Å². The second-order valence-electron chi connectivity index (χ2n) is 9.75. The van der Waals surface area contributed by atoms with Crippen LogP contribution in [0.5, 0.6) is 5.75 Å². The molecule has 3 heterocycles. The molecule has 43 heavy (non-hydrogen) atoms. The standard InChI is InChI=1S/C32H24FN3O5S2/c1-19-4-2-5-21(16-19)17-41-24-13-9-22(10-14-24)28(37)26-27(25-6-3-15-40-25)36(30(39)29(26)38)31-34-35-32(43-31)42-18-20-7-11-23(33)12-8-20/h2-16,27,37H,17-18H2,1H3. The number of benzene rings is 3. The number of ketones is 1. The first kappa shape index (κ1) is 28.4. The third-order valence-electron chi connectivity index (χ3n) is 6.75. The van der Waals surface area contributed by atoms with Crippen LogP contribution >= 0.6 is 23.1 Å². The number of anilines is 1. The number of halogens is 1. The summed E-state index contributed by atoms with van der Waals surface area (Å²) in [5.74, 6) is -0.998. The Morgan fingerprint density at radius 1 is 1.02 bits per heavy atom. The topological polar surface area (TPSA) is 106 Å². The lowest BCUT2D eigenvalue weighted by molar-refractivity contribution is -0.132. The Morgan fingerprint density at radius 2 is 1.81 bits per heavy atom. The van der Waals surface area contributed by atoms with E-state index in [1.807, 2.05) is 31.2 Å². The molecule has 2 aromatic heterocycles. The highest BCUT2D eigenvalue weighted by Gasteiger charge is 2.49. The molecule has 0 saturated carbocycles. The van der Waals surface area contributed by atoms with Gasteiger partial charge in [0.1, 0.15) is 35.7 Å². The van der Waals surface area contributed by atoms with Crippen LogP contribution in [-0.2, 0) is 21.9 Å². The summed E-state index contributed by atoms with van der Waals surface area (Å²) in [6, 6.07) is 23.0. The summed E-state index contributed by atoms with van der Waals surface area (Å²) in [5.41, 5.74) is 3.27. The number of hydrogen-bond donors (Lipinski definition) is 1. The molecule has 1 aliphatic heterocycles. The van der Waals surface area contributed by atoms with Gasteiger partial charge in [-0.1, -0.05) is 65.1 Å². The van der Waals surface area contributed by atoms with Crippen LogP contribution in [-0.4, -0.2) is 27.0 Å². The second-order valence-corrected chi connectivity index (χ2v) is 11.9. The molecule has 1 saturated heterocycles. The van der Waals surface area contributed by atoms with Crippen LogP contribution in [0.4, 0.5) is 9.52 Å². The summed E-state index contributed by atoms with van der Waals surface area (Å²) in [5, 5.41) is 19.9. The largest absolute Gasteiger partial charge is 0.507 e. The Balaban J connectivity index is 1.25. The molecule has 0 bridgehead atoms. The average molecular weight is 614 g/mol. The highest BCUT2D eigenvalue weighted by Crippen LogP contribution is 2.44. The Hall–Kier alpha value is -4.74. The van der Waals surface area contributed by atoms with E-state index in [1.54, 1.807) is 48.5 Å². The number of rotatable bonds is 9. The maximum atomic E-state index is 13.4. The third kappa shape index (κ3) is 6.08. The minimum Gasteiger partial charge on any atom is -0.507 e. The zero-order valence-electron chi connectivity index (χ0n) is 22.8. The summed E-state index contributed by atoms with van der Waals surface area (Å²) >= 11 is 2.50. The van der Waals surface area contributed by atoms with Crippen molar-refractivity contribution in [3.8, 4) is 5.75 Å². The Labute approximate surface area is 254 Å². The lowest BCUT2D eigenvalue weighted by atomic mass is 9.99. The van der Waals surface area contributed by atoms with E-state index in [0.29, 0.717) is 28.0 Å². The lowest BCUT2D eigenvalue weighted by Crippen LogP contribution is -2.29. The molecule has 1 amide bonds. The molecule has 0 spiro atoms. The van der Waals surface area contributed by atoms with Crippen LogP contribution < -0.4 is 9.64 Å². The van der Waals surface area contributed by atoms with Gasteiger partial charge in [0.05, 0.1) is 11.8 Å². The van der Waals surface area contributed by atoms with Gasteiger partial charge in [0.25, 0.3) is 5.78 Å². The zero-order chi connectivity index (χ0) is 29.9. The fourth-order valence-electron chi connectivity index (χ4n) is 4.66. The minimum absolute atomic E-state index is 0.121. The molecule has 1 atom stereocenters. The normalized spacial score (nSPS) is 16.1. The number of carbonyl (C=O) groups is 2. The number of nitrogens with zero attached hydrogens (tertiary/aromatic N) is 3. The van der Waals surface area contributed by atoms with Crippen molar-refractivity contribution in [1.29, 1.82) is 0 Å². The van der Waals surface area contributed by atoms with Gasteiger partial charge in [0.15, 0.2) is 4.34 Å². The van der Waals surface area contributed by atoms with Gasteiger partial charge in [-0.2, -0.15) is 0 Å². The molecule has 5 aromatic rings. The molecule has 11 heteroatoms. The molecule has 1 fully saturated rings. The number of hydrogen-bond acceptors (Lipinski definition) is 9. The van der Waals surface area contributed by atoms with Crippen LogP contribution in [0.25, 0.3) is 5.76 Å². The van der Waals surface area contributed by atoms with Crippen molar-refractivity contribution in [2.75, 3.05) is 4.90 Å². The molecule has 1 N–H and O–H groups in total. The van der Waals surface area contributed by atoms with Gasteiger partial charge < -0.3 is 14.3 Å². The van der Waals surface area contributed by atoms with E-state index < -0.39 is 17.7 Å². The van der Waals surface area contributed by atoms with Crippen molar-refractivity contribution < 1.29 is 28.2 Å². The number of ether oxygens (including phenoxy) is 1. The van der Waals surface area contributed by atoms with E-state index in [-0.39, 0.29) is 28.0 Å². The van der Waals surface area contributed by atoms with E-state index in [1.165, 1.54) is 35.1 Å². The first-order valence-corrected chi connectivity index (χ1v) is 15.0. The van der Waals surface area contributed by atoms with Crippen molar-refractivity contribution in [1.82, 2.24) is 10.2 Å². The van der Waals surface area contributed by atoms with Gasteiger partial charge in [-0.25, -0.2) is 4.39 Å². The predicted octanol–water partition coefficient (Wildman–Crippen LogP) is 7.08. The number of aliphatic hydroxyl groups is 1. The Bertz CT molecular complexity index is 1800. The number of carbonyl (C=O) groups excluding carboxylic acids is 2. The number of Topliss-reactive ketones (excluding diaryl/α,β-unsaturated/α-hetero) is 1. The monoisotopic (exact) mass is 613 g/mol. The van der Waals surface area contributed by atoms with Gasteiger partial charge in [-0.15, -0.1) is 10.2 Å². The fraction of sp³-hybridized carbons (Fsp3) is 0.125. The van der Waals surface area contributed by atoms with Crippen LogP contribution in [0.15, 0.2) is 106 Å². The van der Waals surface area contributed by atoms with Gasteiger partial charge in [-0.3, -0.25) is 14.5 Å². The van der Waals surface area contributed by atoms with Gasteiger partial charge >= 0.3 is 5.91 Å². The molecule has 1 unspecified atom stereocenters. The molecule has 6 rings (SSSR count). The van der Waals surface area contributed by atoms with E-state index >= 15 is 0 Å². The molecular formula is C32H24FN3O5S2. The molecule has 3 aromatic carbocycles. The van der Waals surface area contributed by atoms with Crippen molar-refractivity contribution in [3.05, 3.63) is 131 Å². The predicted molar refractivity (Wildman–Crippen MR) is 161 cm³/mol. The molecule has 1 aliphatic rings. The van der Waals surface area contributed by atoms with Crippen molar-refractivity contribution in [2.24, 2.45) is 0 Å². The van der Waals surface area contributed by atoms with Crippen LogP contribution in [0.3, 0.4) is 0 Å². The highest BCUT2D eigenvalue weighted by molar-refractivity contribution is 8.00. The van der Waals surface area contributed by atoms with Crippen molar-refractivity contribution >= 4 is 45.7 Å². The number of thioether (sulfide) groups is 1. The number of amides is 1. The number of aryl methyl sites for hydroxylation is 1. The smallest absolute Gasteiger partial charge is 0.302 e. The van der Waals surface area contributed by atoms with Crippen LogP contribution in [0, 0.1) is 12.7 Å². The summed E-state index contributed by atoms with van der Waals surface area (Å²) < 4.78 is 25.3. The van der Waals surface area contributed by atoms with Crippen LogP contribution in [0.1, 0.15) is 34.1 Å². The molecule has 0 aliphatic carbocycles. The first-order valence-electron chi connectivity index (χ1n) is 13.2. The fourth-order valence-corrected chi connectivity index (χ4v) is 6.49. The Morgan fingerprint density at radius 3 is 2.53 bits per heavy atom. The van der Waals surface area contributed by atoms with E-state index in [9.17, 15) is 19.1 Å². The molecule has 216 valence electrons. The second kappa shape index (κ2) is 12.2. The van der Waals surface area contributed by atoms with Crippen LogP contribution in [0.2, 0.25) is 0 Å². The SMILES string of the molecule is Cc1cccc(COc2ccc(C(O)=C3C(=O)C(=O)N(c4nnc(SCc5ccc(F)cc5)s4)C3c3ccco3)cc2)c1. The molecular weight excluding hydrogens is 590 g/mol. The lowest BCUT2D eigenvalue weighted by Gasteiger charge is -2.20. The van der Waals surface area contributed by atoms with Gasteiger partial charge in [0, 0.05) is 11.3 Å². The summed E-state index contributed by atoms with van der Waals surface area (Å²) in [4.78, 5) is 27.9. The highest BCUT2D eigenvalue weighted by atomic mass is 32.2. The number of aromatic nitrogens is 2. The summed E-state index contributed by atoms with van der Waals surface area (Å²) in [6.45, 7) is 2.39. The minimum atomic E-state index is -1.05. The average Bonchev–Trinajstić information content (AvgIpc) is 3.77. The van der Waals surface area contributed by atoms with Crippen molar-refractivity contribution in [2.45, 2.75) is 29.7 Å². The Kier molecular flexibility index (Phi) is 8.08. The number of furan rings is 1. The summed E-state index contributed by atoms with van der Waals surface area (Å²) in [7, 11) is 0. The number of aliphatic hydroxyl groups excluding tert-OH is 1.